The van der Waals surface area contributed by atoms with Gasteiger partial charge in [-0.15, -0.1) is 0 Å². The van der Waals surface area contributed by atoms with Crippen molar-refractivity contribution in [3.05, 3.63) is 52.5 Å². The van der Waals surface area contributed by atoms with E-state index in [1.165, 1.54) is 0 Å². The van der Waals surface area contributed by atoms with Crippen molar-refractivity contribution in [2.24, 2.45) is 0 Å². The van der Waals surface area contributed by atoms with Crippen LogP contribution in [0.3, 0.4) is 0 Å². The number of nitrogen functional groups attached to an aromatic ring is 1. The van der Waals surface area contributed by atoms with Crippen molar-refractivity contribution in [1.82, 2.24) is 0 Å². The van der Waals surface area contributed by atoms with Crippen LogP contribution in [0.2, 0.25) is 10.0 Å². The molecule has 19 heavy (non-hydrogen) atoms. The fourth-order valence-electron chi connectivity index (χ4n) is 1.47. The van der Waals surface area contributed by atoms with Gasteiger partial charge in [0.2, 0.25) is 0 Å². The largest absolute Gasteiger partial charge is 0.490 e. The molecule has 0 aliphatic carbocycles. The highest BCUT2D eigenvalue weighted by Gasteiger charge is 2.02. The van der Waals surface area contributed by atoms with E-state index in [1.807, 2.05) is 12.1 Å². The Bertz CT molecular complexity index is 544. The maximum absolute atomic E-state index is 5.98. The first-order chi connectivity index (χ1) is 9.15. The Hall–Kier alpha value is -1.58. The van der Waals surface area contributed by atoms with E-state index in [1.54, 1.807) is 30.3 Å². The summed E-state index contributed by atoms with van der Waals surface area (Å²) in [5, 5.41) is 1.07. The van der Waals surface area contributed by atoms with Gasteiger partial charge in [-0.1, -0.05) is 23.2 Å². The second kappa shape index (κ2) is 6.55. The van der Waals surface area contributed by atoms with Gasteiger partial charge < -0.3 is 15.2 Å². The Balaban J connectivity index is 1.79. The predicted molar refractivity (Wildman–Crippen MR) is 78.3 cm³/mol. The van der Waals surface area contributed by atoms with E-state index in [2.05, 4.69) is 0 Å². The second-order valence-electron chi connectivity index (χ2n) is 3.84. The van der Waals surface area contributed by atoms with Crippen LogP contribution in [-0.4, -0.2) is 13.2 Å². The smallest absolute Gasteiger partial charge is 0.138 e. The van der Waals surface area contributed by atoms with E-state index in [0.29, 0.717) is 34.7 Å². The van der Waals surface area contributed by atoms with Crippen molar-refractivity contribution in [1.29, 1.82) is 0 Å². The summed E-state index contributed by atoms with van der Waals surface area (Å²) in [7, 11) is 0. The van der Waals surface area contributed by atoms with E-state index in [4.69, 9.17) is 38.4 Å². The standard InChI is InChI=1S/C14H13Cl2NO2/c15-10-1-6-14(13(16)9-10)19-8-7-18-12-4-2-11(17)3-5-12/h1-6,9H,7-8,17H2. The van der Waals surface area contributed by atoms with Crippen LogP contribution in [0.5, 0.6) is 11.5 Å². The van der Waals surface area contributed by atoms with Crippen LogP contribution in [0.25, 0.3) is 0 Å². The quantitative estimate of drug-likeness (QED) is 0.669. The number of hydrogen-bond donors (Lipinski definition) is 1. The third kappa shape index (κ3) is 4.23. The minimum absolute atomic E-state index is 0.395. The third-order valence-electron chi connectivity index (χ3n) is 2.38. The lowest BCUT2D eigenvalue weighted by Crippen LogP contribution is -2.09. The number of halogens is 2. The van der Waals surface area contributed by atoms with E-state index in [9.17, 15) is 0 Å². The normalized spacial score (nSPS) is 10.2. The van der Waals surface area contributed by atoms with Crippen LogP contribution < -0.4 is 15.2 Å². The van der Waals surface area contributed by atoms with Crippen LogP contribution in [-0.2, 0) is 0 Å². The lowest BCUT2D eigenvalue weighted by Gasteiger charge is -2.09. The molecule has 2 aromatic carbocycles. The van der Waals surface area contributed by atoms with E-state index in [0.717, 1.165) is 5.75 Å². The molecule has 0 heterocycles. The van der Waals surface area contributed by atoms with Gasteiger partial charge in [-0.25, -0.2) is 0 Å². The highest BCUT2D eigenvalue weighted by molar-refractivity contribution is 6.35. The highest BCUT2D eigenvalue weighted by Crippen LogP contribution is 2.27. The van der Waals surface area contributed by atoms with Crippen molar-refractivity contribution < 1.29 is 9.47 Å². The van der Waals surface area contributed by atoms with E-state index < -0.39 is 0 Å². The molecule has 0 radical (unpaired) electrons. The summed E-state index contributed by atoms with van der Waals surface area (Å²) in [4.78, 5) is 0. The average Bonchev–Trinajstić information content (AvgIpc) is 2.39. The van der Waals surface area contributed by atoms with E-state index in [-0.39, 0.29) is 0 Å². The molecule has 0 bridgehead atoms. The molecule has 2 rings (SSSR count). The van der Waals surface area contributed by atoms with Crippen LogP contribution in [0.4, 0.5) is 5.69 Å². The number of benzene rings is 2. The van der Waals surface area contributed by atoms with E-state index >= 15 is 0 Å². The molecule has 2 aromatic rings. The van der Waals surface area contributed by atoms with Gasteiger partial charge in [-0.05, 0) is 42.5 Å². The average molecular weight is 298 g/mol. The predicted octanol–water partition coefficient (Wildman–Crippen LogP) is 4.03. The molecule has 100 valence electrons. The minimum atomic E-state index is 0.395. The maximum atomic E-state index is 5.98. The molecule has 0 saturated heterocycles. The Morgan fingerprint density at radius 2 is 1.58 bits per heavy atom. The first-order valence-electron chi connectivity index (χ1n) is 5.71. The lowest BCUT2D eigenvalue weighted by molar-refractivity contribution is 0.217. The van der Waals surface area contributed by atoms with Crippen LogP contribution in [0, 0.1) is 0 Å². The van der Waals surface area contributed by atoms with Gasteiger partial charge in [0, 0.05) is 10.7 Å². The molecule has 0 unspecified atom stereocenters. The van der Waals surface area contributed by atoms with Crippen molar-refractivity contribution in [2.75, 3.05) is 18.9 Å². The van der Waals surface area contributed by atoms with Gasteiger partial charge in [0.05, 0.1) is 5.02 Å². The molecule has 3 nitrogen and oxygen atoms in total. The maximum Gasteiger partial charge on any atom is 0.138 e. The Kier molecular flexibility index (Phi) is 4.77. The Morgan fingerprint density at radius 1 is 0.895 bits per heavy atom. The number of anilines is 1. The lowest BCUT2D eigenvalue weighted by atomic mass is 10.3. The fraction of sp³-hybridized carbons (Fsp3) is 0.143. The fourth-order valence-corrected chi connectivity index (χ4v) is 1.93. The summed E-state index contributed by atoms with van der Waals surface area (Å²) >= 11 is 11.8. The molecule has 0 aliphatic rings. The van der Waals surface area contributed by atoms with Crippen LogP contribution in [0.15, 0.2) is 42.5 Å². The zero-order valence-corrected chi connectivity index (χ0v) is 11.6. The summed E-state index contributed by atoms with van der Waals surface area (Å²) in [6.45, 7) is 0.814. The van der Waals surface area contributed by atoms with Gasteiger partial charge in [-0.2, -0.15) is 0 Å². The molecular formula is C14H13Cl2NO2. The SMILES string of the molecule is Nc1ccc(OCCOc2ccc(Cl)cc2Cl)cc1. The van der Waals surface area contributed by atoms with Gasteiger partial charge in [-0.3, -0.25) is 0 Å². The highest BCUT2D eigenvalue weighted by atomic mass is 35.5. The molecule has 0 amide bonds. The molecule has 2 N–H and O–H groups in total. The van der Waals surface area contributed by atoms with Gasteiger partial charge in [0.25, 0.3) is 0 Å². The topological polar surface area (TPSA) is 44.5 Å². The van der Waals surface area contributed by atoms with Crippen molar-refractivity contribution in [3.8, 4) is 11.5 Å². The Morgan fingerprint density at radius 3 is 2.26 bits per heavy atom. The first kappa shape index (κ1) is 13.8. The summed E-state index contributed by atoms with van der Waals surface area (Å²) < 4.78 is 11.0. The molecule has 0 spiro atoms. The molecule has 0 atom stereocenters. The van der Waals surface area contributed by atoms with Gasteiger partial charge in [0.15, 0.2) is 0 Å². The molecule has 0 saturated carbocycles. The van der Waals surface area contributed by atoms with Crippen molar-refractivity contribution >= 4 is 28.9 Å². The van der Waals surface area contributed by atoms with Gasteiger partial charge >= 0.3 is 0 Å². The zero-order valence-electron chi connectivity index (χ0n) is 10.1. The van der Waals surface area contributed by atoms with Crippen LogP contribution in [0.1, 0.15) is 0 Å². The number of ether oxygens (including phenoxy) is 2. The first-order valence-corrected chi connectivity index (χ1v) is 6.47. The van der Waals surface area contributed by atoms with Crippen molar-refractivity contribution in [2.45, 2.75) is 0 Å². The van der Waals surface area contributed by atoms with Crippen molar-refractivity contribution in [3.63, 3.8) is 0 Å². The molecule has 0 aromatic heterocycles. The third-order valence-corrected chi connectivity index (χ3v) is 2.91. The summed E-state index contributed by atoms with van der Waals surface area (Å²) in [5.74, 6) is 1.34. The summed E-state index contributed by atoms with van der Waals surface area (Å²) in [6.07, 6.45) is 0. The molecule has 0 fully saturated rings. The van der Waals surface area contributed by atoms with Crippen LogP contribution >= 0.6 is 23.2 Å². The zero-order chi connectivity index (χ0) is 13.7. The number of rotatable bonds is 5. The van der Waals surface area contributed by atoms with Gasteiger partial charge in [0.1, 0.15) is 24.7 Å². The summed E-state index contributed by atoms with van der Waals surface area (Å²) in [6, 6.07) is 12.3. The molecule has 5 heteroatoms. The number of hydrogen-bond acceptors (Lipinski definition) is 3. The minimum Gasteiger partial charge on any atom is -0.490 e. The molecule has 0 aliphatic heterocycles. The monoisotopic (exact) mass is 297 g/mol. The summed E-state index contributed by atoms with van der Waals surface area (Å²) in [5.41, 5.74) is 6.29. The number of nitrogens with two attached hydrogens (primary N) is 1. The Labute approximate surface area is 121 Å². The molecular weight excluding hydrogens is 285 g/mol. The second-order valence-corrected chi connectivity index (χ2v) is 4.68.